The van der Waals surface area contributed by atoms with Gasteiger partial charge in [0.15, 0.2) is 5.69 Å². The number of nitrogens with zero attached hydrogens (tertiary/aromatic N) is 1. The predicted molar refractivity (Wildman–Crippen MR) is 92.3 cm³/mol. The smallest absolute Gasteiger partial charge is 0.355 e. The molecule has 0 radical (unpaired) electrons. The molecule has 8 heteroatoms. The summed E-state index contributed by atoms with van der Waals surface area (Å²) in [5, 5.41) is 14.2. The molecule has 0 fully saturated rings. The summed E-state index contributed by atoms with van der Waals surface area (Å²) in [7, 11) is 0. The van der Waals surface area contributed by atoms with E-state index in [9.17, 15) is 9.59 Å². The quantitative estimate of drug-likeness (QED) is 0.746. The number of thiazole rings is 1. The van der Waals surface area contributed by atoms with E-state index in [0.717, 1.165) is 6.42 Å². The number of halogens is 1. The molecule has 1 aromatic heterocycles. The monoisotopic (exact) mass is 368 g/mol. The molecule has 1 amide bonds. The fourth-order valence-electron chi connectivity index (χ4n) is 1.92. The van der Waals surface area contributed by atoms with Crippen molar-refractivity contribution in [2.45, 2.75) is 19.8 Å². The lowest BCUT2D eigenvalue weighted by Gasteiger charge is -2.11. The van der Waals surface area contributed by atoms with E-state index in [-0.39, 0.29) is 11.6 Å². The van der Waals surface area contributed by atoms with Gasteiger partial charge in [0, 0.05) is 23.4 Å². The lowest BCUT2D eigenvalue weighted by atomic mass is 10.2. The second-order valence-electron chi connectivity index (χ2n) is 4.93. The van der Waals surface area contributed by atoms with Crippen molar-refractivity contribution < 1.29 is 19.4 Å². The third kappa shape index (κ3) is 4.94. The third-order valence-electron chi connectivity index (χ3n) is 3.04. The van der Waals surface area contributed by atoms with Gasteiger partial charge in [0.25, 0.3) is 5.91 Å². The Morgan fingerprint density at radius 2 is 2.21 bits per heavy atom. The van der Waals surface area contributed by atoms with Crippen LogP contribution in [-0.2, 0) is 6.42 Å². The first-order valence-electron chi connectivity index (χ1n) is 7.39. The SMILES string of the molecule is CCCOc1ccc(Cl)cc1C(=O)NCCc1nc(C(=O)O)cs1. The number of carboxylic acid groups (broad SMARTS) is 1. The van der Waals surface area contributed by atoms with Crippen LogP contribution in [0.3, 0.4) is 0 Å². The summed E-state index contributed by atoms with van der Waals surface area (Å²) in [4.78, 5) is 27.1. The second-order valence-corrected chi connectivity index (χ2v) is 6.31. The first kappa shape index (κ1) is 18.2. The number of carbonyl (C=O) groups excluding carboxylic acids is 1. The van der Waals surface area contributed by atoms with Gasteiger partial charge in [0.2, 0.25) is 0 Å². The van der Waals surface area contributed by atoms with Crippen LogP contribution in [0.15, 0.2) is 23.6 Å². The highest BCUT2D eigenvalue weighted by atomic mass is 35.5. The molecule has 0 bridgehead atoms. The minimum absolute atomic E-state index is 0.0198. The summed E-state index contributed by atoms with van der Waals surface area (Å²) in [6, 6.07) is 4.91. The summed E-state index contributed by atoms with van der Waals surface area (Å²) >= 11 is 7.21. The molecule has 0 spiro atoms. The Kier molecular flexibility index (Phi) is 6.57. The zero-order valence-corrected chi connectivity index (χ0v) is 14.6. The van der Waals surface area contributed by atoms with E-state index in [1.807, 2.05) is 6.92 Å². The maximum Gasteiger partial charge on any atom is 0.355 e. The molecule has 1 aromatic carbocycles. The van der Waals surface area contributed by atoms with E-state index in [1.54, 1.807) is 18.2 Å². The van der Waals surface area contributed by atoms with Gasteiger partial charge < -0.3 is 15.2 Å². The van der Waals surface area contributed by atoms with Crippen LogP contribution in [0.2, 0.25) is 5.02 Å². The number of aromatic carboxylic acids is 1. The average Bonchev–Trinajstić information content (AvgIpc) is 3.02. The van der Waals surface area contributed by atoms with Crippen LogP contribution in [0, 0.1) is 0 Å². The number of hydrogen-bond donors (Lipinski definition) is 2. The minimum atomic E-state index is -1.06. The van der Waals surface area contributed by atoms with Gasteiger partial charge in [-0.05, 0) is 24.6 Å². The number of amides is 1. The number of hydrogen-bond acceptors (Lipinski definition) is 5. The Bertz CT molecular complexity index is 733. The van der Waals surface area contributed by atoms with Gasteiger partial charge >= 0.3 is 5.97 Å². The Hall–Kier alpha value is -2.12. The van der Waals surface area contributed by atoms with E-state index in [2.05, 4.69) is 10.3 Å². The first-order valence-corrected chi connectivity index (χ1v) is 8.65. The van der Waals surface area contributed by atoms with Gasteiger partial charge in [-0.25, -0.2) is 9.78 Å². The topological polar surface area (TPSA) is 88.5 Å². The highest BCUT2D eigenvalue weighted by molar-refractivity contribution is 7.09. The van der Waals surface area contributed by atoms with Crippen molar-refractivity contribution in [3.63, 3.8) is 0 Å². The molecule has 0 saturated carbocycles. The molecular weight excluding hydrogens is 352 g/mol. The first-order chi connectivity index (χ1) is 11.5. The van der Waals surface area contributed by atoms with E-state index >= 15 is 0 Å². The molecule has 0 aliphatic rings. The van der Waals surface area contributed by atoms with Crippen molar-refractivity contribution in [1.82, 2.24) is 10.3 Å². The largest absolute Gasteiger partial charge is 0.493 e. The number of rotatable bonds is 8. The van der Waals surface area contributed by atoms with Crippen LogP contribution in [0.5, 0.6) is 5.75 Å². The van der Waals surface area contributed by atoms with Gasteiger partial charge in [-0.2, -0.15) is 0 Å². The third-order valence-corrected chi connectivity index (χ3v) is 4.19. The molecule has 1 heterocycles. The number of aromatic nitrogens is 1. The number of nitrogens with one attached hydrogen (secondary N) is 1. The Balaban J connectivity index is 1.96. The van der Waals surface area contributed by atoms with Crippen molar-refractivity contribution in [2.75, 3.05) is 13.2 Å². The lowest BCUT2D eigenvalue weighted by molar-refractivity contribution is 0.0690. The molecule has 0 saturated heterocycles. The highest BCUT2D eigenvalue weighted by Gasteiger charge is 2.14. The molecule has 6 nitrogen and oxygen atoms in total. The molecule has 24 heavy (non-hydrogen) atoms. The molecule has 2 aromatic rings. The van der Waals surface area contributed by atoms with Gasteiger partial charge in [-0.1, -0.05) is 18.5 Å². The number of ether oxygens (including phenoxy) is 1. The predicted octanol–water partition coefficient (Wildman–Crippen LogP) is 3.26. The number of carbonyl (C=O) groups is 2. The van der Waals surface area contributed by atoms with Crippen LogP contribution < -0.4 is 10.1 Å². The van der Waals surface area contributed by atoms with E-state index in [4.69, 9.17) is 21.4 Å². The zero-order chi connectivity index (χ0) is 17.5. The summed E-state index contributed by atoms with van der Waals surface area (Å²) < 4.78 is 5.56. The van der Waals surface area contributed by atoms with Crippen LogP contribution in [0.1, 0.15) is 39.2 Å². The van der Waals surface area contributed by atoms with Crippen molar-refractivity contribution in [1.29, 1.82) is 0 Å². The van der Waals surface area contributed by atoms with Gasteiger partial charge in [-0.15, -0.1) is 11.3 Å². The Morgan fingerprint density at radius 1 is 1.42 bits per heavy atom. The van der Waals surface area contributed by atoms with Crippen molar-refractivity contribution in [3.05, 3.63) is 44.9 Å². The summed E-state index contributed by atoms with van der Waals surface area (Å²) in [6.07, 6.45) is 1.29. The molecule has 0 aliphatic heterocycles. The molecule has 128 valence electrons. The molecular formula is C16H17ClN2O4S. The minimum Gasteiger partial charge on any atom is -0.493 e. The van der Waals surface area contributed by atoms with Crippen molar-refractivity contribution in [2.24, 2.45) is 0 Å². The van der Waals surface area contributed by atoms with Crippen LogP contribution in [0.25, 0.3) is 0 Å². The maximum atomic E-state index is 12.3. The van der Waals surface area contributed by atoms with E-state index in [1.165, 1.54) is 16.7 Å². The van der Waals surface area contributed by atoms with Crippen molar-refractivity contribution in [3.8, 4) is 5.75 Å². The van der Waals surface area contributed by atoms with Crippen LogP contribution in [-0.4, -0.2) is 35.1 Å². The average molecular weight is 369 g/mol. The van der Waals surface area contributed by atoms with Gasteiger partial charge in [0.1, 0.15) is 5.75 Å². The summed E-state index contributed by atoms with van der Waals surface area (Å²) in [5.74, 6) is -0.863. The van der Waals surface area contributed by atoms with Crippen molar-refractivity contribution >= 4 is 34.8 Å². The number of benzene rings is 1. The summed E-state index contributed by atoms with van der Waals surface area (Å²) in [6.45, 7) is 2.83. The molecule has 0 atom stereocenters. The Morgan fingerprint density at radius 3 is 2.88 bits per heavy atom. The summed E-state index contributed by atoms with van der Waals surface area (Å²) in [5.41, 5.74) is 0.396. The fourth-order valence-corrected chi connectivity index (χ4v) is 2.86. The molecule has 0 aliphatic carbocycles. The second kappa shape index (κ2) is 8.65. The normalized spacial score (nSPS) is 10.4. The molecule has 2 N–H and O–H groups in total. The van der Waals surface area contributed by atoms with Gasteiger partial charge in [-0.3, -0.25) is 4.79 Å². The highest BCUT2D eigenvalue weighted by Crippen LogP contribution is 2.23. The molecule has 2 rings (SSSR count). The Labute approximate surface area is 148 Å². The number of carboxylic acids is 1. The van der Waals surface area contributed by atoms with E-state index < -0.39 is 5.97 Å². The zero-order valence-electron chi connectivity index (χ0n) is 13.0. The molecule has 0 unspecified atom stereocenters. The maximum absolute atomic E-state index is 12.3. The fraction of sp³-hybridized carbons (Fsp3) is 0.312. The standard InChI is InChI=1S/C16H17ClN2O4S/c1-2-7-23-13-4-3-10(17)8-11(13)15(20)18-6-5-14-19-12(9-24-14)16(21)22/h3-4,8-9H,2,5-7H2,1H3,(H,18,20)(H,21,22). The van der Waals surface area contributed by atoms with E-state index in [0.29, 0.717) is 40.9 Å². The van der Waals surface area contributed by atoms with Crippen LogP contribution in [0.4, 0.5) is 0 Å². The van der Waals surface area contributed by atoms with Gasteiger partial charge in [0.05, 0.1) is 17.2 Å². The lowest BCUT2D eigenvalue weighted by Crippen LogP contribution is -2.26. The van der Waals surface area contributed by atoms with Crippen LogP contribution >= 0.6 is 22.9 Å².